The van der Waals surface area contributed by atoms with Crippen LogP contribution in [0.25, 0.3) is 10.9 Å². The SMILES string of the molecule is CC[C@H](C)n1c(SCC(=O)N(C)Cc2cccs2)nc2ccccc2c1=O. The summed E-state index contributed by atoms with van der Waals surface area (Å²) in [7, 11) is 1.80. The Morgan fingerprint density at radius 1 is 1.30 bits per heavy atom. The third-order valence-electron chi connectivity index (χ3n) is 4.53. The van der Waals surface area contributed by atoms with Gasteiger partial charge >= 0.3 is 0 Å². The van der Waals surface area contributed by atoms with Gasteiger partial charge in [0.15, 0.2) is 5.16 Å². The van der Waals surface area contributed by atoms with Crippen molar-refractivity contribution in [3.8, 4) is 0 Å². The first kappa shape index (κ1) is 19.6. The molecule has 2 heterocycles. The molecule has 0 spiro atoms. The van der Waals surface area contributed by atoms with E-state index in [0.717, 1.165) is 11.3 Å². The quantitative estimate of drug-likeness (QED) is 0.440. The summed E-state index contributed by atoms with van der Waals surface area (Å²) < 4.78 is 1.72. The van der Waals surface area contributed by atoms with Crippen molar-refractivity contribution < 1.29 is 4.79 Å². The molecule has 3 rings (SSSR count). The van der Waals surface area contributed by atoms with Gasteiger partial charge in [0.1, 0.15) is 0 Å². The van der Waals surface area contributed by atoms with Crippen molar-refractivity contribution in [2.24, 2.45) is 0 Å². The number of amides is 1. The van der Waals surface area contributed by atoms with E-state index in [1.165, 1.54) is 11.8 Å². The first-order valence-electron chi connectivity index (χ1n) is 8.91. The molecule has 1 atom stereocenters. The number of carbonyl (C=O) groups is 1. The van der Waals surface area contributed by atoms with Crippen LogP contribution in [0.1, 0.15) is 31.2 Å². The lowest BCUT2D eigenvalue weighted by atomic mass is 10.2. The van der Waals surface area contributed by atoms with Crippen LogP contribution in [0.5, 0.6) is 0 Å². The zero-order valence-electron chi connectivity index (χ0n) is 15.7. The summed E-state index contributed by atoms with van der Waals surface area (Å²) >= 11 is 2.97. The maximum Gasteiger partial charge on any atom is 0.262 e. The largest absolute Gasteiger partial charge is 0.340 e. The molecule has 0 fully saturated rings. The average Bonchev–Trinajstić information content (AvgIpc) is 3.18. The molecule has 7 heteroatoms. The monoisotopic (exact) mass is 401 g/mol. The van der Waals surface area contributed by atoms with Crippen molar-refractivity contribution in [1.29, 1.82) is 0 Å². The summed E-state index contributed by atoms with van der Waals surface area (Å²) in [5, 5.41) is 3.22. The van der Waals surface area contributed by atoms with E-state index in [2.05, 4.69) is 4.98 Å². The van der Waals surface area contributed by atoms with Gasteiger partial charge in [-0.2, -0.15) is 0 Å². The number of para-hydroxylation sites is 1. The Balaban J connectivity index is 1.83. The summed E-state index contributed by atoms with van der Waals surface area (Å²) in [5.74, 6) is 0.273. The molecule has 0 bridgehead atoms. The highest BCUT2D eigenvalue weighted by Gasteiger charge is 2.18. The van der Waals surface area contributed by atoms with Crippen LogP contribution in [0.4, 0.5) is 0 Å². The molecule has 0 saturated carbocycles. The predicted octanol–water partition coefficient (Wildman–Crippen LogP) is 4.18. The molecule has 0 radical (unpaired) electrons. The second-order valence-electron chi connectivity index (χ2n) is 6.46. The van der Waals surface area contributed by atoms with E-state index >= 15 is 0 Å². The summed E-state index contributed by atoms with van der Waals surface area (Å²) in [6.45, 7) is 4.65. The van der Waals surface area contributed by atoms with Crippen molar-refractivity contribution in [2.75, 3.05) is 12.8 Å². The van der Waals surface area contributed by atoms with E-state index < -0.39 is 0 Å². The first-order chi connectivity index (χ1) is 13.0. The van der Waals surface area contributed by atoms with Gasteiger partial charge in [0.2, 0.25) is 5.91 Å². The zero-order chi connectivity index (χ0) is 19.4. The van der Waals surface area contributed by atoms with Gasteiger partial charge in [-0.05, 0) is 36.9 Å². The molecule has 0 aliphatic rings. The standard InChI is InChI=1S/C20H23N3O2S2/c1-4-14(2)23-19(25)16-9-5-6-10-17(16)21-20(23)27-13-18(24)22(3)12-15-8-7-11-26-15/h5-11,14H,4,12-13H2,1-3H3/t14-/m0/s1. The molecule has 0 aliphatic heterocycles. The van der Waals surface area contributed by atoms with Crippen LogP contribution in [-0.4, -0.2) is 33.2 Å². The highest BCUT2D eigenvalue weighted by molar-refractivity contribution is 7.99. The first-order valence-corrected chi connectivity index (χ1v) is 10.8. The molecular weight excluding hydrogens is 378 g/mol. The third kappa shape index (κ3) is 4.42. The van der Waals surface area contributed by atoms with Crippen molar-refractivity contribution in [3.63, 3.8) is 0 Å². The Morgan fingerprint density at radius 2 is 2.07 bits per heavy atom. The summed E-state index contributed by atoms with van der Waals surface area (Å²) in [6.07, 6.45) is 0.819. The van der Waals surface area contributed by atoms with Crippen LogP contribution in [0, 0.1) is 0 Å². The maximum absolute atomic E-state index is 13.0. The summed E-state index contributed by atoms with van der Waals surface area (Å²) in [6, 6.07) is 11.4. The Morgan fingerprint density at radius 3 is 2.78 bits per heavy atom. The Hall–Kier alpha value is -2.12. The average molecular weight is 402 g/mol. The number of benzene rings is 1. The van der Waals surface area contributed by atoms with E-state index in [1.807, 2.05) is 49.6 Å². The minimum Gasteiger partial charge on any atom is -0.340 e. The number of hydrogen-bond acceptors (Lipinski definition) is 5. The van der Waals surface area contributed by atoms with Crippen LogP contribution in [-0.2, 0) is 11.3 Å². The number of nitrogens with zero attached hydrogens (tertiary/aromatic N) is 3. The minimum absolute atomic E-state index is 0.0199. The predicted molar refractivity (Wildman–Crippen MR) is 113 cm³/mol. The van der Waals surface area contributed by atoms with Gasteiger partial charge in [0.25, 0.3) is 5.56 Å². The fourth-order valence-corrected chi connectivity index (χ4v) is 4.55. The number of thiophene rings is 1. The van der Waals surface area contributed by atoms with Crippen molar-refractivity contribution in [3.05, 3.63) is 57.0 Å². The zero-order valence-corrected chi connectivity index (χ0v) is 17.3. The van der Waals surface area contributed by atoms with Crippen LogP contribution in [0.15, 0.2) is 51.7 Å². The van der Waals surface area contributed by atoms with E-state index in [9.17, 15) is 9.59 Å². The van der Waals surface area contributed by atoms with Crippen LogP contribution >= 0.6 is 23.1 Å². The molecule has 0 saturated heterocycles. The number of hydrogen-bond donors (Lipinski definition) is 0. The van der Waals surface area contributed by atoms with Gasteiger partial charge in [0, 0.05) is 18.0 Å². The van der Waals surface area contributed by atoms with Crippen molar-refractivity contribution in [2.45, 2.75) is 38.0 Å². The Kier molecular flexibility index (Phi) is 6.34. The second-order valence-corrected chi connectivity index (χ2v) is 8.44. The molecule has 0 aliphatic carbocycles. The number of fused-ring (bicyclic) bond motifs is 1. The summed E-state index contributed by atoms with van der Waals surface area (Å²) in [5.41, 5.74) is 0.626. The third-order valence-corrected chi connectivity index (χ3v) is 6.33. The fraction of sp³-hybridized carbons (Fsp3) is 0.350. The molecule has 27 heavy (non-hydrogen) atoms. The molecular formula is C20H23N3O2S2. The molecule has 3 aromatic rings. The smallest absolute Gasteiger partial charge is 0.262 e. The maximum atomic E-state index is 13.0. The molecule has 1 amide bonds. The van der Waals surface area contributed by atoms with E-state index in [4.69, 9.17) is 0 Å². The highest BCUT2D eigenvalue weighted by Crippen LogP contribution is 2.23. The van der Waals surface area contributed by atoms with E-state index in [0.29, 0.717) is 22.6 Å². The molecule has 2 aromatic heterocycles. The van der Waals surface area contributed by atoms with Gasteiger partial charge in [-0.25, -0.2) is 4.98 Å². The molecule has 0 N–H and O–H groups in total. The van der Waals surface area contributed by atoms with Gasteiger partial charge in [-0.3, -0.25) is 14.2 Å². The lowest BCUT2D eigenvalue weighted by Crippen LogP contribution is -2.29. The van der Waals surface area contributed by atoms with Crippen LogP contribution in [0.2, 0.25) is 0 Å². The number of rotatable bonds is 7. The van der Waals surface area contributed by atoms with Gasteiger partial charge < -0.3 is 4.90 Å². The number of aromatic nitrogens is 2. The van der Waals surface area contributed by atoms with Crippen LogP contribution in [0.3, 0.4) is 0 Å². The molecule has 5 nitrogen and oxygen atoms in total. The van der Waals surface area contributed by atoms with Gasteiger partial charge in [-0.15, -0.1) is 11.3 Å². The number of thioether (sulfide) groups is 1. The fourth-order valence-electron chi connectivity index (χ4n) is 2.76. The van der Waals surface area contributed by atoms with E-state index in [1.54, 1.807) is 33.9 Å². The lowest BCUT2D eigenvalue weighted by Gasteiger charge is -2.19. The number of carbonyl (C=O) groups excluding carboxylic acids is 1. The molecule has 1 aromatic carbocycles. The minimum atomic E-state index is -0.0446. The topological polar surface area (TPSA) is 55.2 Å². The van der Waals surface area contributed by atoms with Gasteiger partial charge in [-0.1, -0.05) is 36.9 Å². The lowest BCUT2D eigenvalue weighted by molar-refractivity contribution is -0.127. The Bertz CT molecular complexity index is 983. The van der Waals surface area contributed by atoms with Gasteiger partial charge in [0.05, 0.1) is 23.2 Å². The van der Waals surface area contributed by atoms with Crippen molar-refractivity contribution in [1.82, 2.24) is 14.5 Å². The highest BCUT2D eigenvalue weighted by atomic mass is 32.2. The van der Waals surface area contributed by atoms with E-state index in [-0.39, 0.29) is 23.3 Å². The van der Waals surface area contributed by atoms with Crippen LogP contribution < -0.4 is 5.56 Å². The summed E-state index contributed by atoms with van der Waals surface area (Å²) in [4.78, 5) is 33.0. The Labute approximate surface area is 167 Å². The second kappa shape index (κ2) is 8.71. The molecule has 142 valence electrons. The van der Waals surface area contributed by atoms with Crippen molar-refractivity contribution >= 4 is 39.9 Å². The molecule has 0 unspecified atom stereocenters. The normalized spacial score (nSPS) is 12.3.